The fourth-order valence-corrected chi connectivity index (χ4v) is 1.68. The van der Waals surface area contributed by atoms with Crippen molar-refractivity contribution in [2.45, 2.75) is 39.2 Å². The molecule has 0 spiro atoms. The zero-order valence-electron chi connectivity index (χ0n) is 10.2. The maximum Gasteiger partial charge on any atom is 0.156 e. The molecular formula is C11H18ClN3O. The molecule has 0 fully saturated rings. The van der Waals surface area contributed by atoms with Gasteiger partial charge in [0.1, 0.15) is 5.15 Å². The molecular weight excluding hydrogens is 226 g/mol. The van der Waals surface area contributed by atoms with Gasteiger partial charge < -0.3 is 5.73 Å². The molecule has 1 aromatic heterocycles. The Morgan fingerprint density at radius 2 is 2.19 bits per heavy atom. The number of hydrogen-bond donors (Lipinski definition) is 1. The lowest BCUT2D eigenvalue weighted by molar-refractivity contribution is -0.123. The predicted octanol–water partition coefficient (Wildman–Crippen LogP) is 1.62. The van der Waals surface area contributed by atoms with Crippen molar-refractivity contribution in [3.63, 3.8) is 0 Å². The monoisotopic (exact) mass is 243 g/mol. The third-order valence-electron chi connectivity index (χ3n) is 2.98. The maximum absolute atomic E-state index is 12.0. The van der Waals surface area contributed by atoms with Gasteiger partial charge in [-0.05, 0) is 20.3 Å². The van der Waals surface area contributed by atoms with E-state index < -0.39 is 5.54 Å². The van der Waals surface area contributed by atoms with Crippen molar-refractivity contribution in [1.29, 1.82) is 0 Å². The number of nitrogens with zero attached hydrogens (tertiary/aromatic N) is 2. The molecule has 5 heteroatoms. The second-order valence-corrected chi connectivity index (χ2v) is 4.71. The molecule has 0 amide bonds. The molecule has 0 aliphatic heterocycles. The molecule has 0 radical (unpaired) electrons. The summed E-state index contributed by atoms with van der Waals surface area (Å²) in [6.07, 6.45) is 0.863. The first kappa shape index (κ1) is 13.2. The Labute approximate surface area is 101 Å². The van der Waals surface area contributed by atoms with Crippen molar-refractivity contribution in [1.82, 2.24) is 9.78 Å². The summed E-state index contributed by atoms with van der Waals surface area (Å²) in [5.74, 6) is -0.00648. The van der Waals surface area contributed by atoms with Crippen molar-refractivity contribution in [2.24, 2.45) is 12.8 Å². The van der Waals surface area contributed by atoms with E-state index in [-0.39, 0.29) is 12.2 Å². The van der Waals surface area contributed by atoms with Gasteiger partial charge >= 0.3 is 0 Å². The Hall–Kier alpha value is -0.870. The number of rotatable bonds is 4. The number of halogens is 1. The van der Waals surface area contributed by atoms with E-state index in [4.69, 9.17) is 17.3 Å². The SMILES string of the molecule is CCC(C)(N)C(=O)Cc1c(C)nn(C)c1Cl. The van der Waals surface area contributed by atoms with Crippen molar-refractivity contribution in [3.05, 3.63) is 16.4 Å². The van der Waals surface area contributed by atoms with E-state index in [2.05, 4.69) is 5.10 Å². The smallest absolute Gasteiger partial charge is 0.156 e. The summed E-state index contributed by atoms with van der Waals surface area (Å²) in [5, 5.41) is 4.68. The largest absolute Gasteiger partial charge is 0.319 e. The van der Waals surface area contributed by atoms with Crippen molar-refractivity contribution < 1.29 is 4.79 Å². The van der Waals surface area contributed by atoms with E-state index in [1.807, 2.05) is 13.8 Å². The minimum absolute atomic E-state index is 0.00648. The van der Waals surface area contributed by atoms with Gasteiger partial charge in [-0.2, -0.15) is 5.10 Å². The van der Waals surface area contributed by atoms with Gasteiger partial charge in [0.25, 0.3) is 0 Å². The number of hydrogen-bond acceptors (Lipinski definition) is 3. The van der Waals surface area contributed by atoms with E-state index >= 15 is 0 Å². The summed E-state index contributed by atoms with van der Waals surface area (Å²) in [7, 11) is 1.75. The van der Waals surface area contributed by atoms with Gasteiger partial charge in [0.15, 0.2) is 5.78 Å². The molecule has 0 aliphatic rings. The van der Waals surface area contributed by atoms with Gasteiger partial charge in [-0.3, -0.25) is 9.48 Å². The average Bonchev–Trinajstić information content (AvgIpc) is 2.45. The van der Waals surface area contributed by atoms with Crippen LogP contribution in [0.15, 0.2) is 0 Å². The van der Waals surface area contributed by atoms with Crippen LogP contribution >= 0.6 is 11.6 Å². The van der Waals surface area contributed by atoms with Crippen molar-refractivity contribution >= 4 is 17.4 Å². The molecule has 1 atom stereocenters. The van der Waals surface area contributed by atoms with Crippen LogP contribution in [0.4, 0.5) is 0 Å². The second-order valence-electron chi connectivity index (χ2n) is 4.35. The molecule has 1 unspecified atom stereocenters. The molecule has 0 aliphatic carbocycles. The number of carbonyl (C=O) groups is 1. The number of aromatic nitrogens is 2. The van der Waals surface area contributed by atoms with Crippen LogP contribution in [0.5, 0.6) is 0 Å². The third-order valence-corrected chi connectivity index (χ3v) is 3.45. The van der Waals surface area contributed by atoms with Gasteiger partial charge in [0, 0.05) is 19.0 Å². The highest BCUT2D eigenvalue weighted by molar-refractivity contribution is 6.30. The first-order valence-corrected chi connectivity index (χ1v) is 5.67. The highest BCUT2D eigenvalue weighted by atomic mass is 35.5. The third kappa shape index (κ3) is 2.44. The van der Waals surface area contributed by atoms with Crippen LogP contribution in [0, 0.1) is 6.92 Å². The highest BCUT2D eigenvalue weighted by Crippen LogP contribution is 2.21. The lowest BCUT2D eigenvalue weighted by Crippen LogP contribution is -2.45. The fraction of sp³-hybridized carbons (Fsp3) is 0.636. The lowest BCUT2D eigenvalue weighted by Gasteiger charge is -2.20. The zero-order valence-corrected chi connectivity index (χ0v) is 10.9. The van der Waals surface area contributed by atoms with Crippen LogP contribution in [0.25, 0.3) is 0 Å². The van der Waals surface area contributed by atoms with Crippen LogP contribution in [-0.4, -0.2) is 21.1 Å². The normalized spacial score (nSPS) is 14.9. The van der Waals surface area contributed by atoms with E-state index in [9.17, 15) is 4.79 Å². The van der Waals surface area contributed by atoms with Gasteiger partial charge in [0.05, 0.1) is 11.2 Å². The van der Waals surface area contributed by atoms with Crippen LogP contribution in [0.1, 0.15) is 31.5 Å². The predicted molar refractivity (Wildman–Crippen MR) is 64.5 cm³/mol. The van der Waals surface area contributed by atoms with E-state index in [0.717, 1.165) is 11.3 Å². The van der Waals surface area contributed by atoms with E-state index in [1.54, 1.807) is 18.7 Å². The summed E-state index contributed by atoms with van der Waals surface area (Å²) in [4.78, 5) is 12.0. The molecule has 0 bridgehead atoms. The Morgan fingerprint density at radius 1 is 1.62 bits per heavy atom. The van der Waals surface area contributed by atoms with Crippen LogP contribution < -0.4 is 5.73 Å². The van der Waals surface area contributed by atoms with Gasteiger partial charge in [-0.1, -0.05) is 18.5 Å². The number of nitrogens with two attached hydrogens (primary N) is 1. The first-order valence-electron chi connectivity index (χ1n) is 5.29. The molecule has 0 saturated heterocycles. The molecule has 90 valence electrons. The molecule has 2 N–H and O–H groups in total. The maximum atomic E-state index is 12.0. The molecule has 16 heavy (non-hydrogen) atoms. The van der Waals surface area contributed by atoms with Crippen LogP contribution in [0.3, 0.4) is 0 Å². The molecule has 1 aromatic rings. The summed E-state index contributed by atoms with van der Waals surface area (Å²) in [6.45, 7) is 5.48. The molecule has 1 heterocycles. The van der Waals surface area contributed by atoms with Crippen molar-refractivity contribution in [2.75, 3.05) is 0 Å². The Kier molecular flexibility index (Phi) is 3.76. The summed E-state index contributed by atoms with van der Waals surface area (Å²) < 4.78 is 1.57. The fourth-order valence-electron chi connectivity index (χ4n) is 1.43. The van der Waals surface area contributed by atoms with Crippen LogP contribution in [-0.2, 0) is 18.3 Å². The average molecular weight is 244 g/mol. The summed E-state index contributed by atoms with van der Waals surface area (Å²) >= 11 is 6.06. The molecule has 0 aromatic carbocycles. The Balaban J connectivity index is 2.94. The van der Waals surface area contributed by atoms with Crippen LogP contribution in [0.2, 0.25) is 5.15 Å². The molecule has 4 nitrogen and oxygen atoms in total. The Bertz CT molecular complexity index is 410. The number of aryl methyl sites for hydroxylation is 2. The topological polar surface area (TPSA) is 60.9 Å². The number of Topliss-reactive ketones (excluding diaryl/α,β-unsaturated/α-hetero) is 1. The molecule has 1 rings (SSSR count). The highest BCUT2D eigenvalue weighted by Gasteiger charge is 2.27. The Morgan fingerprint density at radius 3 is 2.56 bits per heavy atom. The van der Waals surface area contributed by atoms with Gasteiger partial charge in [0.2, 0.25) is 0 Å². The molecule has 0 saturated carbocycles. The number of carbonyl (C=O) groups excluding carboxylic acids is 1. The zero-order chi connectivity index (χ0) is 12.5. The van der Waals surface area contributed by atoms with Crippen molar-refractivity contribution in [3.8, 4) is 0 Å². The lowest BCUT2D eigenvalue weighted by atomic mass is 9.90. The van der Waals surface area contributed by atoms with E-state index in [0.29, 0.717) is 11.6 Å². The second kappa shape index (κ2) is 4.55. The summed E-state index contributed by atoms with van der Waals surface area (Å²) in [5.41, 5.74) is 6.67. The number of ketones is 1. The minimum atomic E-state index is -0.786. The van der Waals surface area contributed by atoms with Gasteiger partial charge in [-0.25, -0.2) is 0 Å². The summed E-state index contributed by atoms with van der Waals surface area (Å²) in [6, 6.07) is 0. The van der Waals surface area contributed by atoms with E-state index in [1.165, 1.54) is 0 Å². The first-order chi connectivity index (χ1) is 7.29. The standard InChI is InChI=1S/C11H18ClN3O/c1-5-11(3,13)9(16)6-8-7(2)14-15(4)10(8)12/h5-6,13H2,1-4H3. The van der Waals surface area contributed by atoms with Gasteiger partial charge in [-0.15, -0.1) is 0 Å². The minimum Gasteiger partial charge on any atom is -0.319 e. The quantitative estimate of drug-likeness (QED) is 0.874.